The first kappa shape index (κ1) is 12.5. The predicted octanol–water partition coefficient (Wildman–Crippen LogP) is 0.410. The topological polar surface area (TPSA) is 38.2 Å². The summed E-state index contributed by atoms with van der Waals surface area (Å²) in [5.41, 5.74) is 1.35. The Bertz CT molecular complexity index is 632. The van der Waals surface area contributed by atoms with Gasteiger partial charge in [-0.25, -0.2) is 9.97 Å². The Hall–Kier alpha value is -1.26. The molecule has 0 amide bonds. The minimum atomic E-state index is 0.0754. The molecule has 3 aliphatic rings. The lowest BCUT2D eigenvalue weighted by Gasteiger charge is -2.41. The molecule has 1 aromatic heterocycles. The molecule has 4 heteroatoms. The van der Waals surface area contributed by atoms with Crippen molar-refractivity contribution in [1.82, 2.24) is 14.9 Å². The third-order valence-electron chi connectivity index (χ3n) is 4.81. The smallest absolute Gasteiger partial charge is 0.116 e. The molecule has 2 heterocycles. The molecule has 0 bridgehead atoms. The Morgan fingerprint density at radius 1 is 1.25 bits per heavy atom. The molecule has 0 N–H and O–H groups in total. The molecule has 4 nitrogen and oxygen atoms in total. The van der Waals surface area contributed by atoms with Crippen LogP contribution in [0.1, 0.15) is 37.8 Å². The first-order valence-electron chi connectivity index (χ1n) is 7.63. The van der Waals surface area contributed by atoms with E-state index in [2.05, 4.69) is 33.9 Å². The highest BCUT2D eigenvalue weighted by atomic mass is 16.5. The molecular weight excluding hydrogens is 250 g/mol. The molecule has 1 aliphatic heterocycles. The number of ether oxygens (including phenoxy) is 1. The lowest BCUT2D eigenvalue weighted by molar-refractivity contribution is 0.00542. The number of nitrogens with zero attached hydrogens (tertiary/aromatic N) is 3. The van der Waals surface area contributed by atoms with Gasteiger partial charge in [-0.15, -0.1) is 0 Å². The summed E-state index contributed by atoms with van der Waals surface area (Å²) in [5, 5.41) is 2.42. The number of morpholine rings is 1. The maximum atomic E-state index is 5.47. The molecule has 0 aromatic carbocycles. The van der Waals surface area contributed by atoms with Gasteiger partial charge >= 0.3 is 0 Å². The van der Waals surface area contributed by atoms with Gasteiger partial charge < -0.3 is 4.74 Å². The van der Waals surface area contributed by atoms with Crippen molar-refractivity contribution in [3.63, 3.8) is 0 Å². The molecular formula is C16H21N3O. The Balaban J connectivity index is 1.75. The van der Waals surface area contributed by atoms with Gasteiger partial charge in [0.05, 0.1) is 24.3 Å². The van der Waals surface area contributed by atoms with Crippen molar-refractivity contribution in [2.45, 2.75) is 37.6 Å². The first-order valence-corrected chi connectivity index (χ1v) is 7.63. The lowest BCUT2D eigenvalue weighted by atomic mass is 9.89. The van der Waals surface area contributed by atoms with Crippen LogP contribution in [0, 0.1) is 0 Å². The van der Waals surface area contributed by atoms with Gasteiger partial charge in [-0.1, -0.05) is 6.08 Å². The standard InChI is InChI=1S/C16H21N3O/c1-16(19-6-8-20-9-7-19)5-4-13-14(10-16)17-11-18-15(13)12-2-3-12/h4,10-12H,2-3,5-9H2,1H3. The van der Waals surface area contributed by atoms with Crippen molar-refractivity contribution in [3.8, 4) is 0 Å². The second-order valence-corrected chi connectivity index (χ2v) is 6.34. The minimum absolute atomic E-state index is 0.0754. The second-order valence-electron chi connectivity index (χ2n) is 6.34. The van der Waals surface area contributed by atoms with Crippen molar-refractivity contribution >= 4 is 12.2 Å². The summed E-state index contributed by atoms with van der Waals surface area (Å²) in [4.78, 5) is 11.6. The van der Waals surface area contributed by atoms with E-state index in [9.17, 15) is 0 Å². The van der Waals surface area contributed by atoms with Gasteiger partial charge in [0.25, 0.3) is 0 Å². The zero-order chi connectivity index (χ0) is 13.6. The van der Waals surface area contributed by atoms with E-state index in [1.54, 1.807) is 6.33 Å². The van der Waals surface area contributed by atoms with E-state index in [0.29, 0.717) is 5.92 Å². The molecule has 0 spiro atoms. The summed E-state index contributed by atoms with van der Waals surface area (Å²) < 4.78 is 5.47. The predicted molar refractivity (Wildman–Crippen MR) is 77.6 cm³/mol. The van der Waals surface area contributed by atoms with Crippen molar-refractivity contribution in [1.29, 1.82) is 0 Å². The first-order chi connectivity index (χ1) is 9.76. The number of hydrogen-bond acceptors (Lipinski definition) is 4. The summed E-state index contributed by atoms with van der Waals surface area (Å²) in [5.74, 6) is 0.684. The average molecular weight is 271 g/mol. The average Bonchev–Trinajstić information content (AvgIpc) is 3.32. The number of fused-ring (bicyclic) bond motifs is 1. The molecule has 106 valence electrons. The van der Waals surface area contributed by atoms with Gasteiger partial charge in [-0.3, -0.25) is 4.90 Å². The van der Waals surface area contributed by atoms with Crippen LogP contribution in [0.15, 0.2) is 6.33 Å². The van der Waals surface area contributed by atoms with Crippen LogP contribution in [0.4, 0.5) is 0 Å². The molecule has 2 aliphatic carbocycles. The third kappa shape index (κ3) is 2.07. The molecule has 0 radical (unpaired) electrons. The van der Waals surface area contributed by atoms with Crippen LogP contribution >= 0.6 is 0 Å². The van der Waals surface area contributed by atoms with E-state index >= 15 is 0 Å². The number of aromatic nitrogens is 2. The molecule has 2 fully saturated rings. The van der Waals surface area contributed by atoms with E-state index in [1.165, 1.54) is 23.8 Å². The summed E-state index contributed by atoms with van der Waals surface area (Å²) >= 11 is 0. The highest BCUT2D eigenvalue weighted by molar-refractivity contribution is 5.47. The van der Waals surface area contributed by atoms with Crippen LogP contribution in [-0.2, 0) is 4.74 Å². The fourth-order valence-electron chi connectivity index (χ4n) is 3.39. The molecule has 1 saturated carbocycles. The van der Waals surface area contributed by atoms with Gasteiger partial charge in [-0.2, -0.15) is 0 Å². The highest BCUT2D eigenvalue weighted by Crippen LogP contribution is 2.37. The molecule has 4 rings (SSSR count). The SMILES string of the molecule is CC1(N2CCOCC2)C=c2ncnc(C3CC3)c2=CC1. The monoisotopic (exact) mass is 271 g/mol. The zero-order valence-electron chi connectivity index (χ0n) is 12.0. The number of hydrogen-bond donors (Lipinski definition) is 0. The van der Waals surface area contributed by atoms with Crippen LogP contribution in [-0.4, -0.2) is 46.7 Å². The molecule has 1 aromatic rings. The van der Waals surface area contributed by atoms with Crippen molar-refractivity contribution in [3.05, 3.63) is 22.6 Å². The molecule has 1 saturated heterocycles. The second kappa shape index (κ2) is 4.64. The minimum Gasteiger partial charge on any atom is -0.379 e. The molecule has 1 atom stereocenters. The number of rotatable bonds is 2. The van der Waals surface area contributed by atoms with Crippen LogP contribution in [0.25, 0.3) is 12.2 Å². The van der Waals surface area contributed by atoms with Crippen molar-refractivity contribution < 1.29 is 4.74 Å². The summed E-state index contributed by atoms with van der Waals surface area (Å²) in [6.07, 6.45) is 10.1. The molecule has 1 unspecified atom stereocenters. The largest absolute Gasteiger partial charge is 0.379 e. The zero-order valence-corrected chi connectivity index (χ0v) is 12.0. The summed E-state index contributed by atoms with van der Waals surface area (Å²) in [6, 6.07) is 0. The van der Waals surface area contributed by atoms with E-state index in [-0.39, 0.29) is 5.54 Å². The van der Waals surface area contributed by atoms with E-state index < -0.39 is 0 Å². The van der Waals surface area contributed by atoms with Gasteiger partial charge in [0, 0.05) is 29.8 Å². The summed E-state index contributed by atoms with van der Waals surface area (Å²) in [7, 11) is 0. The fourth-order valence-corrected chi connectivity index (χ4v) is 3.39. The van der Waals surface area contributed by atoms with Crippen LogP contribution in [0.2, 0.25) is 0 Å². The van der Waals surface area contributed by atoms with Crippen LogP contribution in [0.3, 0.4) is 0 Å². The lowest BCUT2D eigenvalue weighted by Crippen LogP contribution is -2.54. The quantitative estimate of drug-likeness (QED) is 0.781. The van der Waals surface area contributed by atoms with Crippen molar-refractivity contribution in [2.75, 3.05) is 26.3 Å². The van der Waals surface area contributed by atoms with E-state index in [1.807, 2.05) is 0 Å². The van der Waals surface area contributed by atoms with Crippen LogP contribution < -0.4 is 10.6 Å². The van der Waals surface area contributed by atoms with Gasteiger partial charge in [0.1, 0.15) is 6.33 Å². The van der Waals surface area contributed by atoms with E-state index in [4.69, 9.17) is 4.74 Å². The Morgan fingerprint density at radius 3 is 2.80 bits per heavy atom. The van der Waals surface area contributed by atoms with Gasteiger partial charge in [0.2, 0.25) is 0 Å². The van der Waals surface area contributed by atoms with Gasteiger partial charge in [0.15, 0.2) is 0 Å². The maximum absolute atomic E-state index is 5.47. The normalized spacial score (nSPS) is 30.2. The Morgan fingerprint density at radius 2 is 2.05 bits per heavy atom. The Kier molecular flexibility index (Phi) is 2.89. The fraction of sp³-hybridized carbons (Fsp3) is 0.625. The highest BCUT2D eigenvalue weighted by Gasteiger charge is 2.33. The summed E-state index contributed by atoms with van der Waals surface area (Å²) in [6.45, 7) is 6.02. The van der Waals surface area contributed by atoms with E-state index in [0.717, 1.165) is 38.1 Å². The van der Waals surface area contributed by atoms with Crippen molar-refractivity contribution in [2.24, 2.45) is 0 Å². The van der Waals surface area contributed by atoms with Crippen LogP contribution in [0.5, 0.6) is 0 Å². The van der Waals surface area contributed by atoms with Gasteiger partial charge in [-0.05, 0) is 32.3 Å². The molecule has 20 heavy (non-hydrogen) atoms. The maximum Gasteiger partial charge on any atom is 0.116 e. The third-order valence-corrected chi connectivity index (χ3v) is 4.81. The Labute approximate surface area is 119 Å².